The second-order valence-electron chi connectivity index (χ2n) is 4.73. The van der Waals surface area contributed by atoms with Crippen molar-refractivity contribution < 1.29 is 4.79 Å². The lowest BCUT2D eigenvalue weighted by Crippen LogP contribution is -2.48. The lowest BCUT2D eigenvalue weighted by atomic mass is 9.69. The van der Waals surface area contributed by atoms with Crippen molar-refractivity contribution in [1.82, 2.24) is 5.32 Å². The van der Waals surface area contributed by atoms with Crippen molar-refractivity contribution in [2.75, 3.05) is 7.05 Å². The van der Waals surface area contributed by atoms with Gasteiger partial charge in [-0.2, -0.15) is 5.26 Å². The predicted octanol–water partition coefficient (Wildman–Crippen LogP) is 1.41. The van der Waals surface area contributed by atoms with Gasteiger partial charge in [0.15, 0.2) is 5.78 Å². The number of carbonyl (C=O) groups is 1. The molecule has 14 heavy (non-hydrogen) atoms. The Balaban J connectivity index is 3.20. The second kappa shape index (κ2) is 3.21. The number of likely N-dealkylation sites (N-methyl/N-ethyl adjacent to an activating group) is 1. The first kappa shape index (κ1) is 10.9. The van der Waals surface area contributed by atoms with E-state index in [9.17, 15) is 4.79 Å². The molecule has 0 aliphatic heterocycles. The monoisotopic (exact) mass is 192 g/mol. The number of carbonyl (C=O) groups excluding carboxylic acids is 1. The summed E-state index contributed by atoms with van der Waals surface area (Å²) in [6.45, 7) is 5.77. The van der Waals surface area contributed by atoms with Crippen LogP contribution in [0.1, 0.15) is 27.2 Å². The van der Waals surface area contributed by atoms with Crippen LogP contribution in [-0.4, -0.2) is 18.4 Å². The van der Waals surface area contributed by atoms with Crippen molar-refractivity contribution in [3.63, 3.8) is 0 Å². The average Bonchev–Trinajstić information content (AvgIpc) is 2.11. The van der Waals surface area contributed by atoms with Gasteiger partial charge in [0.05, 0.1) is 5.57 Å². The van der Waals surface area contributed by atoms with E-state index in [1.165, 1.54) is 0 Å². The zero-order chi connectivity index (χ0) is 11.0. The lowest BCUT2D eigenvalue weighted by molar-refractivity contribution is -0.124. The summed E-state index contributed by atoms with van der Waals surface area (Å²) in [5.41, 5.74) is -0.418. The highest BCUT2D eigenvalue weighted by Gasteiger charge is 2.41. The minimum absolute atomic E-state index is 0.0484. The zero-order valence-corrected chi connectivity index (χ0v) is 9.14. The van der Waals surface area contributed by atoms with Gasteiger partial charge in [-0.05, 0) is 26.5 Å². The summed E-state index contributed by atoms with van der Waals surface area (Å²) in [4.78, 5) is 11.8. The number of rotatable bonds is 1. The van der Waals surface area contributed by atoms with Gasteiger partial charge >= 0.3 is 0 Å². The normalized spacial score (nSPS) is 30.8. The van der Waals surface area contributed by atoms with E-state index in [2.05, 4.69) is 5.32 Å². The molecule has 0 aromatic rings. The molecular formula is C11H16N2O. The number of nitrogens with one attached hydrogen (secondary N) is 1. The molecule has 3 heteroatoms. The van der Waals surface area contributed by atoms with E-state index in [4.69, 9.17) is 5.26 Å². The van der Waals surface area contributed by atoms with Gasteiger partial charge in [-0.3, -0.25) is 4.79 Å². The van der Waals surface area contributed by atoms with Crippen LogP contribution in [0.25, 0.3) is 0 Å². The van der Waals surface area contributed by atoms with E-state index >= 15 is 0 Å². The number of nitriles is 1. The van der Waals surface area contributed by atoms with Crippen LogP contribution in [0.5, 0.6) is 0 Å². The van der Waals surface area contributed by atoms with Crippen LogP contribution in [0.15, 0.2) is 11.6 Å². The van der Waals surface area contributed by atoms with Crippen molar-refractivity contribution in [2.24, 2.45) is 5.41 Å². The van der Waals surface area contributed by atoms with E-state index in [-0.39, 0.29) is 16.9 Å². The largest absolute Gasteiger partial charge is 0.311 e. The maximum atomic E-state index is 11.8. The maximum Gasteiger partial charge on any atom is 0.178 e. The Morgan fingerprint density at radius 3 is 2.50 bits per heavy atom. The summed E-state index contributed by atoms with van der Waals surface area (Å²) in [6.07, 6.45) is 2.46. The molecular weight excluding hydrogens is 176 g/mol. The molecule has 0 radical (unpaired) electrons. The molecule has 0 saturated heterocycles. The number of hydrogen-bond acceptors (Lipinski definition) is 3. The average molecular weight is 192 g/mol. The molecule has 0 spiro atoms. The summed E-state index contributed by atoms with van der Waals surface area (Å²) >= 11 is 0. The van der Waals surface area contributed by atoms with E-state index < -0.39 is 5.41 Å². The third-order valence-electron chi connectivity index (χ3n) is 2.82. The van der Waals surface area contributed by atoms with Crippen molar-refractivity contribution in [1.29, 1.82) is 5.26 Å². The number of hydrogen-bond donors (Lipinski definition) is 1. The van der Waals surface area contributed by atoms with Gasteiger partial charge < -0.3 is 5.32 Å². The number of nitrogens with zero attached hydrogens (tertiary/aromatic N) is 1. The standard InChI is InChI=1S/C11H16N2O/c1-10(2)7-11(3,13-4)5-8(6-12)9(10)14/h5,13H,7H2,1-4H3/t11-/m0/s1. The fourth-order valence-electron chi connectivity index (χ4n) is 2.04. The van der Waals surface area contributed by atoms with Gasteiger partial charge in [0.1, 0.15) is 6.07 Å². The zero-order valence-electron chi connectivity index (χ0n) is 9.14. The fourth-order valence-corrected chi connectivity index (χ4v) is 2.04. The van der Waals surface area contributed by atoms with Crippen LogP contribution >= 0.6 is 0 Å². The van der Waals surface area contributed by atoms with Gasteiger partial charge in [0, 0.05) is 11.0 Å². The second-order valence-corrected chi connectivity index (χ2v) is 4.73. The molecule has 76 valence electrons. The van der Waals surface area contributed by atoms with E-state index in [0.717, 1.165) is 6.42 Å². The molecule has 1 N–H and O–H groups in total. The fraction of sp³-hybridized carbons (Fsp3) is 0.636. The summed E-state index contributed by atoms with van der Waals surface area (Å²) in [5.74, 6) is -0.0484. The van der Waals surface area contributed by atoms with E-state index in [0.29, 0.717) is 0 Å². The van der Waals surface area contributed by atoms with E-state index in [1.54, 1.807) is 6.08 Å². The molecule has 0 aromatic carbocycles. The summed E-state index contributed by atoms with van der Waals surface area (Å²) in [6, 6.07) is 1.97. The number of Topliss-reactive ketones (excluding diaryl/α,β-unsaturated/α-hetero) is 1. The first-order valence-corrected chi connectivity index (χ1v) is 4.71. The molecule has 0 heterocycles. The maximum absolute atomic E-state index is 11.8. The molecule has 0 fully saturated rings. The SMILES string of the molecule is CN[C@@]1(C)C=C(C#N)C(=O)C(C)(C)C1. The number of allylic oxidation sites excluding steroid dienone is 1. The lowest BCUT2D eigenvalue weighted by Gasteiger charge is -2.38. The van der Waals surface area contributed by atoms with Crippen LogP contribution in [0.4, 0.5) is 0 Å². The van der Waals surface area contributed by atoms with Gasteiger partial charge in [0.25, 0.3) is 0 Å². The molecule has 0 bridgehead atoms. The van der Waals surface area contributed by atoms with Crippen molar-refractivity contribution in [3.8, 4) is 6.07 Å². The van der Waals surface area contributed by atoms with Gasteiger partial charge in [-0.1, -0.05) is 13.8 Å². The molecule has 1 rings (SSSR count). The molecule has 1 aliphatic carbocycles. The van der Waals surface area contributed by atoms with E-state index in [1.807, 2.05) is 33.9 Å². The summed E-state index contributed by atoms with van der Waals surface area (Å²) in [5, 5.41) is 12.0. The molecule has 1 atom stereocenters. The van der Waals surface area contributed by atoms with Crippen LogP contribution in [0.2, 0.25) is 0 Å². The Bertz CT molecular complexity index is 336. The minimum Gasteiger partial charge on any atom is -0.311 e. The van der Waals surface area contributed by atoms with Crippen LogP contribution in [0.3, 0.4) is 0 Å². The topological polar surface area (TPSA) is 52.9 Å². The van der Waals surface area contributed by atoms with Gasteiger partial charge in [-0.15, -0.1) is 0 Å². The van der Waals surface area contributed by atoms with Crippen LogP contribution in [-0.2, 0) is 4.79 Å². The molecule has 0 saturated carbocycles. The van der Waals surface area contributed by atoms with Crippen LogP contribution in [0, 0.1) is 16.7 Å². The highest BCUT2D eigenvalue weighted by Crippen LogP contribution is 2.36. The van der Waals surface area contributed by atoms with Crippen molar-refractivity contribution >= 4 is 5.78 Å². The minimum atomic E-state index is -0.447. The molecule has 3 nitrogen and oxygen atoms in total. The first-order chi connectivity index (χ1) is 6.34. The Hall–Kier alpha value is -1.14. The van der Waals surface area contributed by atoms with Crippen molar-refractivity contribution in [3.05, 3.63) is 11.6 Å². The van der Waals surface area contributed by atoms with Gasteiger partial charge in [0.2, 0.25) is 0 Å². The smallest absolute Gasteiger partial charge is 0.178 e. The first-order valence-electron chi connectivity index (χ1n) is 4.71. The Kier molecular flexibility index (Phi) is 2.51. The Morgan fingerprint density at radius 2 is 2.07 bits per heavy atom. The summed E-state index contributed by atoms with van der Waals surface area (Å²) < 4.78 is 0. The molecule has 0 aromatic heterocycles. The quantitative estimate of drug-likeness (QED) is 0.683. The number of ketones is 1. The predicted molar refractivity (Wildman–Crippen MR) is 54.6 cm³/mol. The third kappa shape index (κ3) is 1.71. The Labute approximate surface area is 84.8 Å². The van der Waals surface area contributed by atoms with Crippen molar-refractivity contribution in [2.45, 2.75) is 32.7 Å². The molecule has 1 aliphatic rings. The Morgan fingerprint density at radius 1 is 1.50 bits per heavy atom. The van der Waals surface area contributed by atoms with Crippen LogP contribution < -0.4 is 5.32 Å². The highest BCUT2D eigenvalue weighted by atomic mass is 16.1. The summed E-state index contributed by atoms with van der Waals surface area (Å²) in [7, 11) is 1.84. The van der Waals surface area contributed by atoms with Gasteiger partial charge in [-0.25, -0.2) is 0 Å². The molecule has 0 amide bonds. The molecule has 0 unspecified atom stereocenters. The third-order valence-corrected chi connectivity index (χ3v) is 2.82. The highest BCUT2D eigenvalue weighted by molar-refractivity contribution is 6.03.